The summed E-state index contributed by atoms with van der Waals surface area (Å²) in [6.45, 7) is 6.62. The molecule has 0 aliphatic heterocycles. The summed E-state index contributed by atoms with van der Waals surface area (Å²) >= 11 is 1.56. The van der Waals surface area contributed by atoms with Crippen molar-refractivity contribution in [3.05, 3.63) is 86.0 Å². The van der Waals surface area contributed by atoms with Crippen LogP contribution in [0.2, 0.25) is 0 Å². The van der Waals surface area contributed by atoms with Gasteiger partial charge in [-0.15, -0.1) is 11.3 Å². The Balaban J connectivity index is 1.64. The number of rotatable bonds is 7. The molecule has 32 heavy (non-hydrogen) atoms. The normalized spacial score (nSPS) is 11.1. The van der Waals surface area contributed by atoms with Crippen LogP contribution in [0.3, 0.4) is 0 Å². The lowest BCUT2D eigenvalue weighted by Crippen LogP contribution is -2.32. The van der Waals surface area contributed by atoms with Crippen molar-refractivity contribution in [2.45, 2.75) is 40.3 Å². The van der Waals surface area contributed by atoms with Crippen LogP contribution in [0.4, 0.5) is 0 Å². The zero-order valence-electron chi connectivity index (χ0n) is 18.6. The summed E-state index contributed by atoms with van der Waals surface area (Å²) < 4.78 is 9.50. The highest BCUT2D eigenvalue weighted by atomic mass is 32.1. The Morgan fingerprint density at radius 3 is 2.72 bits per heavy atom. The molecule has 3 heterocycles. The SMILES string of the molecule is CCc1c(C(=O)NCc2cn3c(C)csc3n2)c(=O)cc(C)n1Cc1ccccc1OC. The number of methoxy groups -OCH3 is 1. The van der Waals surface area contributed by atoms with E-state index >= 15 is 0 Å². The van der Waals surface area contributed by atoms with Crippen LogP contribution in [0.1, 0.15) is 45.6 Å². The Bertz CT molecular complexity index is 1350. The van der Waals surface area contributed by atoms with Crippen molar-refractivity contribution in [3.8, 4) is 5.75 Å². The largest absolute Gasteiger partial charge is 0.496 e. The second kappa shape index (κ2) is 9.00. The Kier molecular flexibility index (Phi) is 6.14. The van der Waals surface area contributed by atoms with E-state index in [2.05, 4.69) is 10.3 Å². The second-order valence-corrected chi connectivity index (χ2v) is 8.50. The molecule has 0 saturated heterocycles. The van der Waals surface area contributed by atoms with E-state index < -0.39 is 0 Å². The molecule has 0 unspecified atom stereocenters. The van der Waals surface area contributed by atoms with Crippen molar-refractivity contribution >= 4 is 22.2 Å². The first-order valence-corrected chi connectivity index (χ1v) is 11.4. The quantitative estimate of drug-likeness (QED) is 0.466. The predicted molar refractivity (Wildman–Crippen MR) is 126 cm³/mol. The summed E-state index contributed by atoms with van der Waals surface area (Å²) in [7, 11) is 1.64. The molecule has 3 aromatic heterocycles. The van der Waals surface area contributed by atoms with Crippen molar-refractivity contribution in [3.63, 3.8) is 0 Å². The third-order valence-electron chi connectivity index (χ3n) is 5.58. The molecule has 166 valence electrons. The van der Waals surface area contributed by atoms with Gasteiger partial charge in [-0.25, -0.2) is 4.98 Å². The van der Waals surface area contributed by atoms with Gasteiger partial charge in [0.05, 0.1) is 25.9 Å². The first-order chi connectivity index (χ1) is 15.4. The molecule has 1 amide bonds. The third kappa shape index (κ3) is 4.05. The van der Waals surface area contributed by atoms with Crippen molar-refractivity contribution in [2.75, 3.05) is 7.11 Å². The van der Waals surface area contributed by atoms with Crippen LogP contribution >= 0.6 is 11.3 Å². The van der Waals surface area contributed by atoms with Crippen molar-refractivity contribution in [2.24, 2.45) is 0 Å². The van der Waals surface area contributed by atoms with Crippen molar-refractivity contribution in [1.82, 2.24) is 19.3 Å². The summed E-state index contributed by atoms with van der Waals surface area (Å²) in [6.07, 6.45) is 2.46. The summed E-state index contributed by atoms with van der Waals surface area (Å²) in [5.74, 6) is 0.391. The van der Waals surface area contributed by atoms with Crippen molar-refractivity contribution in [1.29, 1.82) is 0 Å². The van der Waals surface area contributed by atoms with Crippen LogP contribution in [-0.2, 0) is 19.5 Å². The number of imidazole rings is 1. The maximum Gasteiger partial charge on any atom is 0.257 e. The Morgan fingerprint density at radius 2 is 2.00 bits per heavy atom. The Hall–Kier alpha value is -3.39. The van der Waals surface area contributed by atoms with Gasteiger partial charge in [0, 0.05) is 40.3 Å². The van der Waals surface area contributed by atoms with Gasteiger partial charge in [0.25, 0.3) is 5.91 Å². The predicted octanol–water partition coefficient (Wildman–Crippen LogP) is 3.72. The number of benzene rings is 1. The van der Waals surface area contributed by atoms with E-state index in [4.69, 9.17) is 4.74 Å². The van der Waals surface area contributed by atoms with Crippen LogP contribution in [0.25, 0.3) is 4.96 Å². The molecule has 0 atom stereocenters. The van der Waals surface area contributed by atoms with Gasteiger partial charge < -0.3 is 14.6 Å². The van der Waals surface area contributed by atoms with E-state index in [-0.39, 0.29) is 23.4 Å². The summed E-state index contributed by atoms with van der Waals surface area (Å²) in [5, 5.41) is 4.92. The molecule has 0 fully saturated rings. The highest BCUT2D eigenvalue weighted by molar-refractivity contribution is 7.15. The van der Waals surface area contributed by atoms with Gasteiger partial charge in [0.1, 0.15) is 11.3 Å². The van der Waals surface area contributed by atoms with Gasteiger partial charge in [0.2, 0.25) is 0 Å². The smallest absolute Gasteiger partial charge is 0.257 e. The number of aromatic nitrogens is 3. The molecule has 0 bridgehead atoms. The van der Waals surface area contributed by atoms with Gasteiger partial charge in [0.15, 0.2) is 10.4 Å². The Morgan fingerprint density at radius 1 is 1.22 bits per heavy atom. The molecule has 0 saturated carbocycles. The molecule has 8 heteroatoms. The summed E-state index contributed by atoms with van der Waals surface area (Å²) in [5.41, 5.74) is 4.27. The van der Waals surface area contributed by atoms with Crippen LogP contribution in [0.5, 0.6) is 5.75 Å². The number of pyridine rings is 1. The van der Waals surface area contributed by atoms with E-state index in [0.717, 1.165) is 33.4 Å². The standard InChI is InChI=1S/C24H26N4O3S/c1-5-19-22(23(30)25-11-18-13-28-16(3)14-32-24(28)26-18)20(29)10-15(2)27(19)12-17-8-6-7-9-21(17)31-4/h6-10,13-14H,5,11-12H2,1-4H3,(H,25,30). The summed E-state index contributed by atoms with van der Waals surface area (Å²) in [4.78, 5) is 31.3. The number of ether oxygens (including phenoxy) is 1. The van der Waals surface area contributed by atoms with Crippen molar-refractivity contribution < 1.29 is 9.53 Å². The fraction of sp³-hybridized carbons (Fsp3) is 0.292. The monoisotopic (exact) mass is 450 g/mol. The fourth-order valence-corrected chi connectivity index (χ4v) is 4.82. The highest BCUT2D eigenvalue weighted by Gasteiger charge is 2.20. The van der Waals surface area contributed by atoms with Gasteiger partial charge in [-0.05, 0) is 26.3 Å². The number of nitrogens with one attached hydrogen (secondary N) is 1. The van der Waals surface area contributed by atoms with Gasteiger partial charge in [-0.2, -0.15) is 0 Å². The lowest BCUT2D eigenvalue weighted by molar-refractivity contribution is 0.0947. The van der Waals surface area contributed by atoms with Gasteiger partial charge in [-0.3, -0.25) is 14.0 Å². The second-order valence-electron chi connectivity index (χ2n) is 7.67. The molecule has 0 aliphatic carbocycles. The van der Waals surface area contributed by atoms with Crippen LogP contribution < -0.4 is 15.5 Å². The topological polar surface area (TPSA) is 77.6 Å². The molecule has 1 N–H and O–H groups in total. The molecular formula is C24H26N4O3S. The number of hydrogen-bond donors (Lipinski definition) is 1. The zero-order valence-corrected chi connectivity index (χ0v) is 19.5. The fourth-order valence-electron chi connectivity index (χ4n) is 3.95. The maximum absolute atomic E-state index is 13.1. The molecule has 0 aliphatic rings. The molecule has 0 radical (unpaired) electrons. The average Bonchev–Trinajstić information content (AvgIpc) is 3.35. The number of amides is 1. The molecule has 4 rings (SSSR count). The number of carbonyl (C=O) groups excluding carboxylic acids is 1. The van der Waals surface area contributed by atoms with E-state index in [1.165, 1.54) is 6.07 Å². The third-order valence-corrected chi connectivity index (χ3v) is 6.54. The number of aryl methyl sites for hydroxylation is 2. The maximum atomic E-state index is 13.1. The zero-order chi connectivity index (χ0) is 22.8. The van der Waals surface area contributed by atoms with Gasteiger partial charge >= 0.3 is 0 Å². The lowest BCUT2D eigenvalue weighted by Gasteiger charge is -2.20. The minimum absolute atomic E-state index is 0.185. The van der Waals surface area contributed by atoms with E-state index in [1.54, 1.807) is 18.4 Å². The first-order valence-electron chi connectivity index (χ1n) is 10.5. The molecular weight excluding hydrogens is 424 g/mol. The molecule has 7 nitrogen and oxygen atoms in total. The minimum atomic E-state index is -0.381. The van der Waals surface area contributed by atoms with Crippen LogP contribution in [0.15, 0.2) is 46.7 Å². The highest BCUT2D eigenvalue weighted by Crippen LogP contribution is 2.21. The number of nitrogens with zero attached hydrogens (tertiary/aromatic N) is 3. The molecule has 0 spiro atoms. The minimum Gasteiger partial charge on any atom is -0.496 e. The van der Waals surface area contributed by atoms with E-state index in [9.17, 15) is 9.59 Å². The lowest BCUT2D eigenvalue weighted by atomic mass is 10.1. The van der Waals surface area contributed by atoms with Crippen LogP contribution in [0, 0.1) is 13.8 Å². The number of carbonyl (C=O) groups is 1. The van der Waals surface area contributed by atoms with E-state index in [0.29, 0.717) is 18.7 Å². The molecule has 4 aromatic rings. The number of thiazole rings is 1. The average molecular weight is 451 g/mol. The van der Waals surface area contributed by atoms with E-state index in [1.807, 2.05) is 65.6 Å². The van der Waals surface area contributed by atoms with Crippen LogP contribution in [-0.4, -0.2) is 27.0 Å². The summed E-state index contributed by atoms with van der Waals surface area (Å²) in [6, 6.07) is 9.29. The Labute approximate surface area is 190 Å². The number of para-hydroxylation sites is 1. The molecule has 1 aromatic carbocycles. The first kappa shape index (κ1) is 21.8. The number of hydrogen-bond acceptors (Lipinski definition) is 5. The van der Waals surface area contributed by atoms with Gasteiger partial charge in [-0.1, -0.05) is 25.1 Å². The number of fused-ring (bicyclic) bond motifs is 1.